The molecule has 0 spiro atoms. The lowest BCUT2D eigenvalue weighted by Crippen LogP contribution is -2.10. The smallest absolute Gasteiger partial charge is 0.244 e. The maximum absolute atomic E-state index is 5.17. The zero-order valence-corrected chi connectivity index (χ0v) is 15.1. The Bertz CT molecular complexity index is 836. The minimum Gasteiger partial charge on any atom is -0.497 e. The second-order valence-electron chi connectivity index (χ2n) is 6.03. The van der Waals surface area contributed by atoms with Crippen LogP contribution < -0.4 is 15.4 Å². The molecule has 0 saturated heterocycles. The van der Waals surface area contributed by atoms with Gasteiger partial charge in [-0.1, -0.05) is 42.0 Å². The van der Waals surface area contributed by atoms with Crippen molar-refractivity contribution in [2.45, 2.75) is 19.9 Å². The molecule has 3 aromatic rings. The molecule has 134 valence electrons. The molecule has 0 bridgehead atoms. The molecule has 0 atom stereocenters. The summed E-state index contributed by atoms with van der Waals surface area (Å²) in [5.74, 6) is 2.09. The molecule has 1 aromatic heterocycles. The summed E-state index contributed by atoms with van der Waals surface area (Å²) in [5, 5.41) is 14.5. The molecule has 0 fully saturated rings. The summed E-state index contributed by atoms with van der Waals surface area (Å²) in [6.45, 7) is 3.51. The molecule has 0 saturated carbocycles. The van der Waals surface area contributed by atoms with Gasteiger partial charge in [0.2, 0.25) is 5.95 Å². The van der Waals surface area contributed by atoms with Crippen LogP contribution in [0.5, 0.6) is 5.75 Å². The van der Waals surface area contributed by atoms with Crippen molar-refractivity contribution >= 4 is 11.8 Å². The Morgan fingerprint density at radius 1 is 1.00 bits per heavy atom. The highest BCUT2D eigenvalue weighted by Gasteiger charge is 2.01. The number of methoxy groups -OCH3 is 1. The van der Waals surface area contributed by atoms with E-state index in [1.807, 2.05) is 18.2 Å². The lowest BCUT2D eigenvalue weighted by atomic mass is 10.1. The lowest BCUT2D eigenvalue weighted by molar-refractivity contribution is 0.414. The van der Waals surface area contributed by atoms with E-state index in [2.05, 4.69) is 63.1 Å². The molecular formula is C20H23N5O. The van der Waals surface area contributed by atoms with Crippen LogP contribution in [-0.2, 0) is 13.0 Å². The fourth-order valence-corrected chi connectivity index (χ4v) is 2.59. The summed E-state index contributed by atoms with van der Waals surface area (Å²) < 4.78 is 5.17. The summed E-state index contributed by atoms with van der Waals surface area (Å²) in [4.78, 5) is 4.45. The van der Waals surface area contributed by atoms with Crippen LogP contribution in [0.1, 0.15) is 16.7 Å². The van der Waals surface area contributed by atoms with Gasteiger partial charge in [0, 0.05) is 13.1 Å². The molecule has 0 aliphatic rings. The van der Waals surface area contributed by atoms with Gasteiger partial charge in [-0.2, -0.15) is 10.1 Å². The van der Waals surface area contributed by atoms with Gasteiger partial charge in [0.1, 0.15) is 5.75 Å². The first kappa shape index (κ1) is 17.7. The van der Waals surface area contributed by atoms with Crippen LogP contribution in [0.15, 0.2) is 54.7 Å². The maximum atomic E-state index is 5.17. The first-order valence-electron chi connectivity index (χ1n) is 8.59. The zero-order valence-electron chi connectivity index (χ0n) is 15.1. The highest BCUT2D eigenvalue weighted by Crippen LogP contribution is 2.12. The van der Waals surface area contributed by atoms with Crippen LogP contribution in [0, 0.1) is 6.92 Å². The van der Waals surface area contributed by atoms with E-state index in [0.29, 0.717) is 18.3 Å². The van der Waals surface area contributed by atoms with Crippen molar-refractivity contribution < 1.29 is 4.74 Å². The van der Waals surface area contributed by atoms with E-state index in [-0.39, 0.29) is 0 Å². The Hall–Kier alpha value is -3.15. The third-order valence-corrected chi connectivity index (χ3v) is 3.97. The average molecular weight is 349 g/mol. The second kappa shape index (κ2) is 8.80. The van der Waals surface area contributed by atoms with E-state index in [4.69, 9.17) is 4.74 Å². The van der Waals surface area contributed by atoms with Gasteiger partial charge in [-0.05, 0) is 36.6 Å². The Morgan fingerprint density at radius 3 is 2.62 bits per heavy atom. The summed E-state index contributed by atoms with van der Waals surface area (Å²) in [6.07, 6.45) is 2.52. The summed E-state index contributed by atoms with van der Waals surface area (Å²) >= 11 is 0. The highest BCUT2D eigenvalue weighted by molar-refractivity contribution is 5.38. The molecule has 0 aliphatic heterocycles. The van der Waals surface area contributed by atoms with Gasteiger partial charge in [-0.15, -0.1) is 5.10 Å². The van der Waals surface area contributed by atoms with Crippen LogP contribution in [0.2, 0.25) is 0 Å². The van der Waals surface area contributed by atoms with E-state index in [9.17, 15) is 0 Å². The van der Waals surface area contributed by atoms with E-state index in [0.717, 1.165) is 18.7 Å². The highest BCUT2D eigenvalue weighted by atomic mass is 16.5. The number of benzene rings is 2. The van der Waals surface area contributed by atoms with Gasteiger partial charge in [-0.25, -0.2) is 0 Å². The fraction of sp³-hybridized carbons (Fsp3) is 0.250. The summed E-state index contributed by atoms with van der Waals surface area (Å²) in [7, 11) is 1.67. The van der Waals surface area contributed by atoms with E-state index < -0.39 is 0 Å². The van der Waals surface area contributed by atoms with Crippen molar-refractivity contribution in [3.8, 4) is 5.75 Å². The average Bonchev–Trinajstić information content (AvgIpc) is 2.67. The molecule has 6 nitrogen and oxygen atoms in total. The quantitative estimate of drug-likeness (QED) is 0.649. The van der Waals surface area contributed by atoms with Gasteiger partial charge in [0.15, 0.2) is 5.82 Å². The predicted molar refractivity (Wildman–Crippen MR) is 104 cm³/mol. The molecule has 26 heavy (non-hydrogen) atoms. The van der Waals surface area contributed by atoms with Crippen LogP contribution in [0.3, 0.4) is 0 Å². The molecule has 2 aromatic carbocycles. The van der Waals surface area contributed by atoms with E-state index >= 15 is 0 Å². The van der Waals surface area contributed by atoms with Crippen molar-refractivity contribution in [3.63, 3.8) is 0 Å². The Morgan fingerprint density at radius 2 is 1.85 bits per heavy atom. The van der Waals surface area contributed by atoms with E-state index in [1.54, 1.807) is 13.3 Å². The van der Waals surface area contributed by atoms with Crippen molar-refractivity contribution in [2.24, 2.45) is 0 Å². The molecular weight excluding hydrogens is 326 g/mol. The standard InChI is InChI=1S/C20H23N5O/c1-15-4-3-5-17(12-15)13-22-20-24-19(14-23-25-20)21-11-10-16-6-8-18(26-2)9-7-16/h3-9,12,14H,10-11,13H2,1-2H3,(H2,21,22,24,25). The predicted octanol–water partition coefficient (Wildman–Crippen LogP) is 3.46. The monoisotopic (exact) mass is 349 g/mol. The summed E-state index contributed by atoms with van der Waals surface area (Å²) in [5.41, 5.74) is 3.65. The van der Waals surface area contributed by atoms with Crippen LogP contribution in [-0.4, -0.2) is 28.8 Å². The normalized spacial score (nSPS) is 10.4. The number of nitrogens with zero attached hydrogens (tertiary/aromatic N) is 3. The molecule has 6 heteroatoms. The molecule has 0 amide bonds. The summed E-state index contributed by atoms with van der Waals surface area (Å²) in [6, 6.07) is 16.4. The number of ether oxygens (including phenoxy) is 1. The molecule has 0 radical (unpaired) electrons. The van der Waals surface area contributed by atoms with Crippen LogP contribution >= 0.6 is 0 Å². The molecule has 0 aliphatic carbocycles. The SMILES string of the molecule is COc1ccc(CCNc2cnnc(NCc3cccc(C)c3)n2)cc1. The van der Waals surface area contributed by atoms with Crippen LogP contribution in [0.25, 0.3) is 0 Å². The van der Waals surface area contributed by atoms with Crippen molar-refractivity contribution in [2.75, 3.05) is 24.3 Å². The lowest BCUT2D eigenvalue weighted by Gasteiger charge is -2.08. The van der Waals surface area contributed by atoms with Crippen molar-refractivity contribution in [1.29, 1.82) is 0 Å². The first-order chi connectivity index (χ1) is 12.7. The third kappa shape index (κ3) is 5.17. The van der Waals surface area contributed by atoms with Gasteiger partial charge < -0.3 is 15.4 Å². The van der Waals surface area contributed by atoms with E-state index in [1.165, 1.54) is 16.7 Å². The number of aromatic nitrogens is 3. The number of hydrogen-bond acceptors (Lipinski definition) is 6. The Kier molecular flexibility index (Phi) is 5.98. The van der Waals surface area contributed by atoms with Gasteiger partial charge in [0.05, 0.1) is 13.3 Å². The van der Waals surface area contributed by atoms with Crippen molar-refractivity contribution in [1.82, 2.24) is 15.2 Å². The fourth-order valence-electron chi connectivity index (χ4n) is 2.59. The molecule has 2 N–H and O–H groups in total. The zero-order chi connectivity index (χ0) is 18.2. The minimum atomic E-state index is 0.515. The molecule has 1 heterocycles. The first-order valence-corrected chi connectivity index (χ1v) is 8.59. The second-order valence-corrected chi connectivity index (χ2v) is 6.03. The Balaban J connectivity index is 1.50. The maximum Gasteiger partial charge on any atom is 0.244 e. The number of aryl methyl sites for hydroxylation is 1. The topological polar surface area (TPSA) is 72.0 Å². The number of nitrogens with one attached hydrogen (secondary N) is 2. The number of rotatable bonds is 8. The Labute approximate surface area is 153 Å². The number of hydrogen-bond donors (Lipinski definition) is 2. The van der Waals surface area contributed by atoms with Gasteiger partial charge in [0.25, 0.3) is 0 Å². The van der Waals surface area contributed by atoms with Crippen molar-refractivity contribution in [3.05, 3.63) is 71.4 Å². The third-order valence-electron chi connectivity index (χ3n) is 3.97. The largest absolute Gasteiger partial charge is 0.497 e. The van der Waals surface area contributed by atoms with Gasteiger partial charge >= 0.3 is 0 Å². The van der Waals surface area contributed by atoms with Crippen LogP contribution in [0.4, 0.5) is 11.8 Å². The number of anilines is 2. The van der Waals surface area contributed by atoms with Gasteiger partial charge in [-0.3, -0.25) is 0 Å². The molecule has 0 unspecified atom stereocenters. The minimum absolute atomic E-state index is 0.515. The molecule has 3 rings (SSSR count).